The summed E-state index contributed by atoms with van der Waals surface area (Å²) in [5.74, 6) is 0.788. The number of fused-ring (bicyclic) bond motifs is 1. The maximum absolute atomic E-state index is 11.6. The zero-order valence-corrected chi connectivity index (χ0v) is 21.2. The number of thiazole rings is 1. The fraction of sp³-hybridized carbons (Fsp3) is 0.750. The van der Waals surface area contributed by atoms with Gasteiger partial charge in [-0.05, 0) is 59.3 Å². The monoisotopic (exact) mass is 537 g/mol. The highest BCUT2D eigenvalue weighted by atomic mass is 127. The molecule has 0 unspecified atom stereocenters. The summed E-state index contributed by atoms with van der Waals surface area (Å²) in [7, 11) is 1.77. The zero-order valence-electron chi connectivity index (χ0n) is 18.1. The van der Waals surface area contributed by atoms with Crippen LogP contribution in [0.3, 0.4) is 0 Å². The molecule has 9 heteroatoms. The Morgan fingerprint density at radius 2 is 1.76 bits per heavy atom. The highest BCUT2D eigenvalue weighted by Crippen LogP contribution is 2.27. The average Bonchev–Trinajstić information content (AvgIpc) is 3.04. The number of halogens is 1. The minimum absolute atomic E-state index is 0. The number of carbonyl (C=O) groups excluding carboxylic acids is 1. The third-order valence-corrected chi connectivity index (χ3v) is 5.50. The molecular weight excluding hydrogens is 501 g/mol. The number of carbonyl (C=O) groups is 1. The maximum atomic E-state index is 11.6. The molecule has 166 valence electrons. The molecule has 0 bridgehead atoms. The quantitative estimate of drug-likeness (QED) is 0.204. The number of aliphatic imine (C=N–C) groups is 1. The number of rotatable bonds is 8. The number of hydrogen-bond acceptors (Lipinski definition) is 5. The van der Waals surface area contributed by atoms with Gasteiger partial charge >= 0.3 is 6.09 Å². The molecule has 1 amide bonds. The highest BCUT2D eigenvalue weighted by molar-refractivity contribution is 14.0. The molecule has 0 atom stereocenters. The summed E-state index contributed by atoms with van der Waals surface area (Å²) in [6.07, 6.45) is 7.44. The molecule has 0 radical (unpaired) electrons. The molecule has 1 aliphatic carbocycles. The van der Waals surface area contributed by atoms with Crippen molar-refractivity contribution >= 4 is 47.4 Å². The van der Waals surface area contributed by atoms with Crippen LogP contribution in [0.15, 0.2) is 4.99 Å². The Hall–Kier alpha value is -1.10. The van der Waals surface area contributed by atoms with E-state index in [9.17, 15) is 4.79 Å². The predicted octanol–water partition coefficient (Wildman–Crippen LogP) is 3.65. The minimum atomic E-state index is -0.466. The fourth-order valence-corrected chi connectivity index (χ4v) is 4.18. The minimum Gasteiger partial charge on any atom is -0.444 e. The molecule has 0 aliphatic heterocycles. The first-order valence-electron chi connectivity index (χ1n) is 10.3. The summed E-state index contributed by atoms with van der Waals surface area (Å²) in [5, 5.41) is 10.6. The van der Waals surface area contributed by atoms with E-state index in [2.05, 4.69) is 20.9 Å². The van der Waals surface area contributed by atoms with Gasteiger partial charge in [0, 0.05) is 38.0 Å². The van der Waals surface area contributed by atoms with Crippen molar-refractivity contribution in [2.75, 3.05) is 26.7 Å². The van der Waals surface area contributed by atoms with Crippen molar-refractivity contribution in [1.82, 2.24) is 20.9 Å². The second-order valence-corrected chi connectivity index (χ2v) is 9.16. The lowest BCUT2D eigenvalue weighted by molar-refractivity contribution is 0.0527. The van der Waals surface area contributed by atoms with E-state index in [1.165, 1.54) is 34.8 Å². The third-order valence-electron chi connectivity index (χ3n) is 4.29. The molecule has 0 aromatic carbocycles. The number of guanidine groups is 1. The number of aromatic nitrogens is 1. The number of nitrogens with one attached hydrogen (secondary N) is 3. The van der Waals surface area contributed by atoms with E-state index in [0.29, 0.717) is 6.54 Å². The Morgan fingerprint density at radius 3 is 2.41 bits per heavy atom. The van der Waals surface area contributed by atoms with Crippen LogP contribution in [0.1, 0.15) is 62.0 Å². The lowest BCUT2D eigenvalue weighted by Crippen LogP contribution is -2.39. The fourth-order valence-electron chi connectivity index (χ4n) is 2.98. The number of hydrogen-bond donors (Lipinski definition) is 3. The number of aryl methyl sites for hydroxylation is 3. The van der Waals surface area contributed by atoms with Crippen molar-refractivity contribution in [1.29, 1.82) is 0 Å². The van der Waals surface area contributed by atoms with E-state index in [-0.39, 0.29) is 30.1 Å². The van der Waals surface area contributed by atoms with E-state index in [4.69, 9.17) is 9.72 Å². The zero-order chi connectivity index (χ0) is 20.4. The lowest BCUT2D eigenvalue weighted by atomic mass is 10.0. The van der Waals surface area contributed by atoms with Crippen LogP contribution in [0.2, 0.25) is 0 Å². The van der Waals surface area contributed by atoms with Crippen molar-refractivity contribution in [3.05, 3.63) is 15.6 Å². The van der Waals surface area contributed by atoms with Crippen molar-refractivity contribution < 1.29 is 9.53 Å². The first kappa shape index (κ1) is 25.9. The molecule has 0 spiro atoms. The van der Waals surface area contributed by atoms with Crippen LogP contribution in [0.4, 0.5) is 4.79 Å². The third kappa shape index (κ3) is 10.5. The number of ether oxygens (including phenoxy) is 1. The predicted molar refractivity (Wildman–Crippen MR) is 131 cm³/mol. The molecule has 1 heterocycles. The first-order valence-corrected chi connectivity index (χ1v) is 11.1. The van der Waals surface area contributed by atoms with Gasteiger partial charge < -0.3 is 20.7 Å². The maximum Gasteiger partial charge on any atom is 0.407 e. The van der Waals surface area contributed by atoms with Crippen LogP contribution in [0, 0.1) is 0 Å². The Labute approximate surface area is 195 Å². The van der Waals surface area contributed by atoms with Crippen LogP contribution in [-0.2, 0) is 24.0 Å². The summed E-state index contributed by atoms with van der Waals surface area (Å²) in [5.41, 5.74) is 0.878. The van der Waals surface area contributed by atoms with Gasteiger partial charge in [-0.3, -0.25) is 4.99 Å². The second kappa shape index (κ2) is 13.3. The van der Waals surface area contributed by atoms with Crippen LogP contribution in [0.5, 0.6) is 0 Å². The van der Waals surface area contributed by atoms with Crippen molar-refractivity contribution in [3.8, 4) is 0 Å². The normalized spacial score (nSPS) is 13.9. The summed E-state index contributed by atoms with van der Waals surface area (Å²) < 4.78 is 5.20. The Balaban J connectivity index is 0.00000420. The van der Waals surface area contributed by atoms with Crippen molar-refractivity contribution in [2.45, 2.75) is 71.3 Å². The first-order chi connectivity index (χ1) is 13.4. The summed E-state index contributed by atoms with van der Waals surface area (Å²) in [4.78, 5) is 22.1. The molecule has 1 aliphatic rings. The van der Waals surface area contributed by atoms with Gasteiger partial charge in [-0.2, -0.15) is 0 Å². The molecule has 0 fully saturated rings. The number of amides is 1. The second-order valence-electron chi connectivity index (χ2n) is 8.00. The van der Waals surface area contributed by atoms with Crippen molar-refractivity contribution in [3.63, 3.8) is 0 Å². The average molecular weight is 538 g/mol. The van der Waals surface area contributed by atoms with Crippen LogP contribution < -0.4 is 16.0 Å². The number of alkyl carbamates (subject to hydrolysis) is 1. The van der Waals surface area contributed by atoms with Gasteiger partial charge in [-0.25, -0.2) is 9.78 Å². The molecule has 3 N–H and O–H groups in total. The molecule has 7 nitrogen and oxygen atoms in total. The molecular formula is C20H36IN5O2S. The van der Waals surface area contributed by atoms with E-state index in [0.717, 1.165) is 44.7 Å². The van der Waals surface area contributed by atoms with Gasteiger partial charge in [0.25, 0.3) is 0 Å². The Kier molecular flexibility index (Phi) is 11.9. The largest absolute Gasteiger partial charge is 0.444 e. The van der Waals surface area contributed by atoms with Crippen LogP contribution in [0.25, 0.3) is 0 Å². The van der Waals surface area contributed by atoms with Gasteiger partial charge in [0.15, 0.2) is 5.96 Å². The Morgan fingerprint density at radius 1 is 1.10 bits per heavy atom. The lowest BCUT2D eigenvalue weighted by Gasteiger charge is -2.19. The topological polar surface area (TPSA) is 87.6 Å². The smallest absolute Gasteiger partial charge is 0.407 e. The summed E-state index contributed by atoms with van der Waals surface area (Å²) in [6.45, 7) is 7.72. The molecule has 0 saturated carbocycles. The summed E-state index contributed by atoms with van der Waals surface area (Å²) in [6, 6.07) is 0. The van der Waals surface area contributed by atoms with Crippen LogP contribution in [-0.4, -0.2) is 49.3 Å². The van der Waals surface area contributed by atoms with Gasteiger partial charge in [0.05, 0.1) is 10.7 Å². The van der Waals surface area contributed by atoms with Gasteiger partial charge in [0.2, 0.25) is 0 Å². The van der Waals surface area contributed by atoms with E-state index >= 15 is 0 Å². The van der Waals surface area contributed by atoms with Crippen molar-refractivity contribution in [2.24, 2.45) is 4.99 Å². The SMILES string of the molecule is CN=C(NCCCNC(=O)OC(C)(C)C)NCCCc1nc2c(s1)CCCC2.I. The van der Waals surface area contributed by atoms with E-state index in [1.54, 1.807) is 7.05 Å². The van der Waals surface area contributed by atoms with E-state index < -0.39 is 5.60 Å². The van der Waals surface area contributed by atoms with E-state index in [1.807, 2.05) is 32.1 Å². The standard InChI is InChI=1S/C20H35N5O2S.HI/c1-20(2,3)27-19(26)24-14-8-13-23-18(21-4)22-12-7-11-17-25-15-9-5-6-10-16(15)28-17;/h5-14H2,1-4H3,(H,24,26)(H2,21,22,23);1H. The summed E-state index contributed by atoms with van der Waals surface area (Å²) >= 11 is 1.90. The number of nitrogens with zero attached hydrogens (tertiary/aromatic N) is 2. The van der Waals surface area contributed by atoms with Gasteiger partial charge in [-0.1, -0.05) is 0 Å². The molecule has 0 saturated heterocycles. The molecule has 1 aromatic heterocycles. The highest BCUT2D eigenvalue weighted by Gasteiger charge is 2.16. The van der Waals surface area contributed by atoms with Crippen LogP contribution >= 0.6 is 35.3 Å². The van der Waals surface area contributed by atoms with Gasteiger partial charge in [-0.15, -0.1) is 35.3 Å². The molecule has 29 heavy (non-hydrogen) atoms. The molecule has 2 rings (SSSR count). The van der Waals surface area contributed by atoms with Gasteiger partial charge in [0.1, 0.15) is 5.60 Å². The Bertz CT molecular complexity index is 634. The molecule has 1 aromatic rings.